The molecule has 0 spiro atoms. The molecule has 4 aliphatic rings. The molecule has 2 saturated carbocycles. The second-order valence-electron chi connectivity index (χ2n) is 25.6. The number of pyridine rings is 1. The number of aliphatic hydroxyl groups excluding tert-OH is 2. The Labute approximate surface area is 611 Å². The second kappa shape index (κ2) is 41.0. The van der Waals surface area contributed by atoms with Crippen LogP contribution in [0.3, 0.4) is 0 Å². The van der Waals surface area contributed by atoms with E-state index in [2.05, 4.69) is 10.3 Å². The molecule has 3 aromatic carbocycles. The fraction of sp³-hybridized carbons (Fsp3) is 0.554. The standard InChI is InChI=1S/C74H94N2O26S2/c1-49-54(99-70(86)63(82)62(51-17-9-6-10-18-51)76-68(84)52-19-11-7-12-20-52)46-74(87)67(101-69(85)53-21-13-8-14-22-53)65-72(5,55(78)45-56-73(65,47-98-56)102-50(2)77)66(83)64(61(49)71(74,3)4)100-60(81)25-24-58(79)96-41-42-97-59(80)26-28-94-48-95-40-39-92-36-35-90-32-31-88-29-30-89-33-34-91-37-38-93-43-44-103-104-57-23-15-16-27-75-57/h6-23,27,54-56,62-65,67,78,82,87H,24-26,28-48H2,1-5H3,(H,76,84)/t54-,55-,56+,62-,63+,64+,65-,67-,72+,73-,74+/m0/s1. The molecule has 104 heavy (non-hydrogen) atoms. The Morgan fingerprint density at radius 1 is 0.635 bits per heavy atom. The Bertz CT molecular complexity index is 3450. The molecule has 1 aliphatic heterocycles. The van der Waals surface area contributed by atoms with E-state index in [9.17, 15) is 48.9 Å². The zero-order chi connectivity index (χ0) is 74.5. The van der Waals surface area contributed by atoms with Crippen molar-refractivity contribution in [2.24, 2.45) is 16.7 Å². The Morgan fingerprint density at radius 3 is 1.72 bits per heavy atom. The van der Waals surface area contributed by atoms with Crippen molar-refractivity contribution < 1.29 is 125 Å². The predicted octanol–water partition coefficient (Wildman–Crippen LogP) is 5.90. The number of aromatic nitrogens is 1. The molecule has 3 fully saturated rings. The van der Waals surface area contributed by atoms with Crippen LogP contribution in [0, 0.1) is 16.7 Å². The highest BCUT2D eigenvalue weighted by molar-refractivity contribution is 8.76. The van der Waals surface area contributed by atoms with Crippen molar-refractivity contribution in [3.63, 3.8) is 0 Å². The van der Waals surface area contributed by atoms with E-state index in [0.29, 0.717) is 78.2 Å². The van der Waals surface area contributed by atoms with E-state index >= 15 is 4.79 Å². The largest absolute Gasteiger partial charge is 0.462 e. The average molecular weight is 1490 g/mol. The Morgan fingerprint density at radius 2 is 1.16 bits per heavy atom. The van der Waals surface area contributed by atoms with Gasteiger partial charge < -0.3 is 91.7 Å². The summed E-state index contributed by atoms with van der Waals surface area (Å²) in [6.07, 6.45) is -11.4. The number of ether oxygens (including phenoxy) is 15. The number of esters is 6. The van der Waals surface area contributed by atoms with Gasteiger partial charge in [0, 0.05) is 42.7 Å². The Kier molecular flexibility index (Phi) is 32.5. The summed E-state index contributed by atoms with van der Waals surface area (Å²) in [6, 6.07) is 28.2. The number of fused-ring (bicyclic) bond motifs is 5. The van der Waals surface area contributed by atoms with Gasteiger partial charge in [0.25, 0.3) is 5.91 Å². The Hall–Kier alpha value is -7.27. The summed E-state index contributed by atoms with van der Waals surface area (Å²) < 4.78 is 85.3. The first kappa shape index (κ1) is 82.4. The molecule has 28 nitrogen and oxygen atoms in total. The number of benzene rings is 3. The highest BCUT2D eigenvalue weighted by atomic mass is 33.1. The smallest absolute Gasteiger partial charge is 0.338 e. The van der Waals surface area contributed by atoms with Crippen LogP contribution in [0.4, 0.5) is 0 Å². The summed E-state index contributed by atoms with van der Waals surface area (Å²) in [7, 11) is 3.32. The first-order valence-electron chi connectivity index (χ1n) is 34.5. The van der Waals surface area contributed by atoms with Crippen LogP contribution in [0.25, 0.3) is 0 Å². The molecule has 0 unspecified atom stereocenters. The van der Waals surface area contributed by atoms with Crippen molar-refractivity contribution in [3.8, 4) is 0 Å². The minimum absolute atomic E-state index is 0.00194. The maximum atomic E-state index is 16.1. The van der Waals surface area contributed by atoms with Crippen LogP contribution in [0.5, 0.6) is 0 Å². The number of carbonyl (C=O) groups excluding carboxylic acids is 8. The van der Waals surface area contributed by atoms with E-state index in [1.165, 1.54) is 52.0 Å². The summed E-state index contributed by atoms with van der Waals surface area (Å²) in [5.41, 5.74) is -8.18. The fourth-order valence-corrected chi connectivity index (χ4v) is 14.8. The van der Waals surface area contributed by atoms with Crippen LogP contribution in [0.1, 0.15) is 99.0 Å². The summed E-state index contributed by atoms with van der Waals surface area (Å²) >= 11 is 0. The third-order valence-corrected chi connectivity index (χ3v) is 20.8. The monoisotopic (exact) mass is 1490 g/mol. The molecular formula is C74H94N2O26S2. The molecule has 8 rings (SSSR count). The molecule has 568 valence electrons. The molecule has 2 bridgehead atoms. The minimum Gasteiger partial charge on any atom is -0.462 e. The number of Topliss-reactive ketones (excluding diaryl/α,β-unsaturated/α-hetero) is 1. The second-order valence-corrected chi connectivity index (χ2v) is 28.0. The van der Waals surface area contributed by atoms with Gasteiger partial charge in [0.2, 0.25) is 0 Å². The summed E-state index contributed by atoms with van der Waals surface area (Å²) in [5.74, 6) is -8.43. The number of hydrogen-bond acceptors (Lipinski definition) is 29. The molecule has 0 radical (unpaired) electrons. The summed E-state index contributed by atoms with van der Waals surface area (Å²) in [6.45, 7) is 11.0. The van der Waals surface area contributed by atoms with Crippen LogP contribution < -0.4 is 5.32 Å². The first-order chi connectivity index (χ1) is 50.1. The number of amides is 1. The molecule has 2 heterocycles. The van der Waals surface area contributed by atoms with Gasteiger partial charge in [0.1, 0.15) is 48.9 Å². The average Bonchev–Trinajstić information content (AvgIpc) is 0.669. The van der Waals surface area contributed by atoms with Crippen molar-refractivity contribution in [1.29, 1.82) is 0 Å². The van der Waals surface area contributed by atoms with Gasteiger partial charge in [-0.3, -0.25) is 28.8 Å². The van der Waals surface area contributed by atoms with E-state index in [1.54, 1.807) is 94.5 Å². The van der Waals surface area contributed by atoms with Crippen LogP contribution in [0.2, 0.25) is 0 Å². The van der Waals surface area contributed by atoms with Crippen molar-refractivity contribution in [2.45, 2.75) is 126 Å². The molecule has 1 amide bonds. The summed E-state index contributed by atoms with van der Waals surface area (Å²) in [5, 5.41) is 42.2. The SMILES string of the molecule is CC(=O)O[C@@]12CO[C@@H]1C[C@H](O)[C@@]1(C)C(=O)[C@H](OC(=O)CCC(=O)OCCOC(=O)CCOCOCCOCCOCCOCCOCCOCCOCCSSc3ccccn3)C3=C(C)[C@@H](OC(=O)[C@H](O)[C@@H](NC(=O)c4ccccc4)c4ccccc4)C[C@@](O)([C@@H](OC(=O)c4ccccc4)[C@H]21)C3(C)C. The molecule has 30 heteroatoms. The third kappa shape index (κ3) is 22.2. The lowest BCUT2D eigenvalue weighted by Gasteiger charge is -2.67. The van der Waals surface area contributed by atoms with Gasteiger partial charge in [-0.25, -0.2) is 14.6 Å². The van der Waals surface area contributed by atoms with Crippen molar-refractivity contribution in [3.05, 3.63) is 143 Å². The molecule has 3 aliphatic carbocycles. The number of rotatable bonds is 44. The number of carbonyl (C=O) groups is 8. The van der Waals surface area contributed by atoms with E-state index in [0.717, 1.165) is 17.7 Å². The zero-order valence-electron chi connectivity index (χ0n) is 59.1. The van der Waals surface area contributed by atoms with E-state index in [4.69, 9.17) is 71.1 Å². The van der Waals surface area contributed by atoms with Gasteiger partial charge in [-0.05, 0) is 77.7 Å². The lowest BCUT2D eigenvalue weighted by atomic mass is 9.44. The molecule has 11 atom stereocenters. The van der Waals surface area contributed by atoms with E-state index < -0.39 is 151 Å². The predicted molar refractivity (Wildman–Crippen MR) is 372 cm³/mol. The highest BCUT2D eigenvalue weighted by Gasteiger charge is 2.78. The van der Waals surface area contributed by atoms with Gasteiger partial charge in [-0.1, -0.05) is 97.4 Å². The number of hydrogen-bond donors (Lipinski definition) is 4. The molecule has 1 saturated heterocycles. The van der Waals surface area contributed by atoms with Gasteiger partial charge in [0.05, 0.1) is 147 Å². The van der Waals surface area contributed by atoms with Crippen LogP contribution in [-0.2, 0) is 99.8 Å². The minimum atomic E-state index is -2.56. The van der Waals surface area contributed by atoms with Crippen molar-refractivity contribution in [2.75, 3.05) is 125 Å². The lowest BCUT2D eigenvalue weighted by molar-refractivity contribution is -0.346. The van der Waals surface area contributed by atoms with Crippen molar-refractivity contribution >= 4 is 69.1 Å². The highest BCUT2D eigenvalue weighted by Crippen LogP contribution is 2.64. The molecular weight excluding hydrogens is 1400 g/mol. The van der Waals surface area contributed by atoms with E-state index in [-0.39, 0.29) is 68.3 Å². The molecule has 4 aromatic rings. The van der Waals surface area contributed by atoms with Crippen molar-refractivity contribution in [1.82, 2.24) is 10.3 Å². The number of ketones is 1. The third-order valence-electron chi connectivity index (χ3n) is 18.5. The Balaban J connectivity index is 0.792. The summed E-state index contributed by atoms with van der Waals surface area (Å²) in [4.78, 5) is 117. The fourth-order valence-electron chi connectivity index (χ4n) is 13.1. The maximum absolute atomic E-state index is 16.1. The first-order valence-corrected chi connectivity index (χ1v) is 36.8. The van der Waals surface area contributed by atoms with Gasteiger partial charge in [0.15, 0.2) is 23.6 Å². The maximum Gasteiger partial charge on any atom is 0.338 e. The topological polar surface area (TPSA) is 361 Å². The van der Waals surface area contributed by atoms with Crippen LogP contribution in [-0.4, -0.2) is 240 Å². The quantitative estimate of drug-likeness (QED) is 0.01000. The van der Waals surface area contributed by atoms with Gasteiger partial charge >= 0.3 is 35.8 Å². The van der Waals surface area contributed by atoms with Crippen LogP contribution >= 0.6 is 21.6 Å². The molecule has 1 aromatic heterocycles. The zero-order valence-corrected chi connectivity index (χ0v) is 60.7. The number of nitrogens with one attached hydrogen (secondary N) is 1. The van der Waals surface area contributed by atoms with Crippen LogP contribution in [0.15, 0.2) is 132 Å². The van der Waals surface area contributed by atoms with Gasteiger partial charge in [-0.2, -0.15) is 0 Å². The lowest BCUT2D eigenvalue weighted by Crippen LogP contribution is -2.82. The molecule has 4 N–H and O–H groups in total. The number of nitrogens with zero attached hydrogens (tertiary/aromatic N) is 1. The normalized spacial score (nSPS) is 23.6. The number of aliphatic hydroxyl groups is 3. The van der Waals surface area contributed by atoms with Gasteiger partial charge in [-0.15, -0.1) is 0 Å². The van der Waals surface area contributed by atoms with E-state index in [1.807, 2.05) is 18.2 Å².